The van der Waals surface area contributed by atoms with E-state index in [4.69, 9.17) is 14.6 Å². The number of halogens is 1. The lowest BCUT2D eigenvalue weighted by Crippen LogP contribution is -2.10. The summed E-state index contributed by atoms with van der Waals surface area (Å²) in [5.41, 5.74) is 5.62. The van der Waals surface area contributed by atoms with Crippen molar-refractivity contribution in [3.63, 3.8) is 0 Å². The van der Waals surface area contributed by atoms with E-state index in [9.17, 15) is 4.79 Å². The van der Waals surface area contributed by atoms with Gasteiger partial charge in [-0.05, 0) is 49.2 Å². The van der Waals surface area contributed by atoms with Crippen molar-refractivity contribution in [2.75, 3.05) is 25.6 Å². The molecule has 0 saturated heterocycles. The number of hydrogen-bond donors (Lipinski definition) is 1. The summed E-state index contributed by atoms with van der Waals surface area (Å²) in [6.07, 6.45) is 0. The van der Waals surface area contributed by atoms with Crippen LogP contribution in [0.1, 0.15) is 22.8 Å². The number of benzene rings is 3. The summed E-state index contributed by atoms with van der Waals surface area (Å²) in [5.74, 6) is 0.261. The second kappa shape index (κ2) is 8.82. The van der Waals surface area contributed by atoms with E-state index in [2.05, 4.69) is 0 Å². The van der Waals surface area contributed by atoms with Crippen LogP contribution in [-0.2, 0) is 4.74 Å². The molecule has 2 aromatic rings. The molecule has 0 unspecified atom stereocenters. The van der Waals surface area contributed by atoms with Crippen LogP contribution in [0.5, 0.6) is 0 Å². The van der Waals surface area contributed by atoms with Crippen molar-refractivity contribution >= 4 is 35.0 Å². The van der Waals surface area contributed by atoms with Gasteiger partial charge in [-0.15, -0.1) is 12.4 Å². The molecule has 1 aliphatic carbocycles. The Morgan fingerprint density at radius 1 is 1.06 bits per heavy atom. The third-order valence-electron chi connectivity index (χ3n) is 5.26. The van der Waals surface area contributed by atoms with Crippen LogP contribution in [-0.4, -0.2) is 26.7 Å². The van der Waals surface area contributed by atoms with Crippen LogP contribution in [0.3, 0.4) is 0 Å². The van der Waals surface area contributed by atoms with E-state index < -0.39 is 0 Å². The molecule has 160 valence electrons. The van der Waals surface area contributed by atoms with Crippen LogP contribution in [0.2, 0.25) is 0 Å². The predicted octanol–water partition coefficient (Wildman–Crippen LogP) is 5.66. The molecule has 1 N–H and O–H groups in total. The van der Waals surface area contributed by atoms with Gasteiger partial charge in [0, 0.05) is 48.4 Å². The number of rotatable bonds is 4. The molecular weight excluding hydrogens is 412 g/mol. The van der Waals surface area contributed by atoms with Crippen LogP contribution in [0, 0.1) is 12.3 Å². The average Bonchev–Trinajstić information content (AvgIpc) is 2.73. The molecular formula is C25H25ClN2O3. The van der Waals surface area contributed by atoms with E-state index in [0.29, 0.717) is 28.9 Å². The van der Waals surface area contributed by atoms with E-state index in [0.717, 1.165) is 33.3 Å². The van der Waals surface area contributed by atoms with E-state index >= 15 is 0 Å². The van der Waals surface area contributed by atoms with Gasteiger partial charge in [0.25, 0.3) is 0 Å². The number of ether oxygens (including phenoxy) is 1. The molecule has 0 atom stereocenters. The topological polar surface area (TPSA) is 66.5 Å². The molecule has 0 radical (unpaired) electrons. The Balaban J connectivity index is 0.00000272. The Bertz CT molecular complexity index is 1290. The van der Waals surface area contributed by atoms with E-state index in [-0.39, 0.29) is 18.4 Å². The minimum Gasteiger partial charge on any atom is -0.462 e. The minimum atomic E-state index is -0.353. The Morgan fingerprint density at radius 2 is 1.81 bits per heavy atom. The molecule has 2 aromatic carbocycles. The van der Waals surface area contributed by atoms with Crippen molar-refractivity contribution in [1.82, 2.24) is 0 Å². The molecule has 2 aliphatic rings. The fourth-order valence-electron chi connectivity index (χ4n) is 3.69. The van der Waals surface area contributed by atoms with Crippen LogP contribution in [0.4, 0.5) is 5.69 Å². The van der Waals surface area contributed by atoms with Gasteiger partial charge in [-0.2, -0.15) is 0 Å². The average molecular weight is 437 g/mol. The number of hydrogen-bond acceptors (Lipinski definition) is 5. The summed E-state index contributed by atoms with van der Waals surface area (Å²) in [5, 5.41) is 9.54. The van der Waals surface area contributed by atoms with Crippen LogP contribution in [0.25, 0.3) is 33.4 Å². The van der Waals surface area contributed by atoms with Crippen molar-refractivity contribution < 1.29 is 13.9 Å². The summed E-state index contributed by atoms with van der Waals surface area (Å²) in [7, 11) is 3.95. The lowest BCUT2D eigenvalue weighted by molar-refractivity contribution is 0.0527. The molecule has 1 aliphatic heterocycles. The second-order valence-electron chi connectivity index (χ2n) is 7.48. The molecule has 0 amide bonds. The van der Waals surface area contributed by atoms with Crippen molar-refractivity contribution in [1.29, 1.82) is 5.41 Å². The van der Waals surface area contributed by atoms with Crippen molar-refractivity contribution in [3.05, 3.63) is 71.1 Å². The Kier molecular flexibility index (Phi) is 6.37. The third kappa shape index (κ3) is 4.01. The number of carbonyl (C=O) groups is 1. The van der Waals surface area contributed by atoms with Gasteiger partial charge in [0.15, 0.2) is 0 Å². The van der Waals surface area contributed by atoms with Gasteiger partial charge in [0.2, 0.25) is 0 Å². The van der Waals surface area contributed by atoms with E-state index in [1.807, 2.05) is 68.4 Å². The zero-order valence-corrected chi connectivity index (χ0v) is 18.8. The van der Waals surface area contributed by atoms with Gasteiger partial charge in [0.1, 0.15) is 11.3 Å². The van der Waals surface area contributed by atoms with Gasteiger partial charge in [-0.25, -0.2) is 4.79 Å². The Labute approximate surface area is 187 Å². The van der Waals surface area contributed by atoms with E-state index in [1.165, 1.54) is 0 Å². The largest absolute Gasteiger partial charge is 0.462 e. The zero-order valence-electron chi connectivity index (χ0n) is 18.0. The van der Waals surface area contributed by atoms with Gasteiger partial charge in [0.05, 0.1) is 17.5 Å². The zero-order chi connectivity index (χ0) is 21.4. The molecule has 0 spiro atoms. The van der Waals surface area contributed by atoms with Gasteiger partial charge in [-0.1, -0.05) is 18.2 Å². The first-order valence-electron chi connectivity index (χ1n) is 9.90. The number of nitrogens with zero attached hydrogens (tertiary/aromatic N) is 1. The third-order valence-corrected chi connectivity index (χ3v) is 5.26. The Morgan fingerprint density at radius 3 is 2.52 bits per heavy atom. The van der Waals surface area contributed by atoms with E-state index in [1.54, 1.807) is 19.1 Å². The van der Waals surface area contributed by atoms with Gasteiger partial charge in [-0.3, -0.25) is 0 Å². The van der Waals surface area contributed by atoms with Gasteiger partial charge >= 0.3 is 5.97 Å². The predicted molar refractivity (Wildman–Crippen MR) is 126 cm³/mol. The molecule has 6 heteroatoms. The fourth-order valence-corrected chi connectivity index (χ4v) is 3.69. The number of carbonyl (C=O) groups excluding carboxylic acids is 1. The first kappa shape index (κ1) is 22.4. The summed E-state index contributed by atoms with van der Waals surface area (Å²) in [6.45, 7) is 4.02. The number of anilines is 1. The minimum absolute atomic E-state index is 0. The first-order chi connectivity index (χ1) is 14.4. The second-order valence-corrected chi connectivity index (χ2v) is 7.48. The molecule has 5 nitrogen and oxygen atoms in total. The highest BCUT2D eigenvalue weighted by molar-refractivity contribution is 6.08. The SMILES string of the molecule is CCOC(=O)c1ccccc1-c1c2cc(C)c(=N)cc-2oc2cc(N(C)C)ccc12.Cl. The number of fused-ring (bicyclic) bond motifs is 2. The van der Waals surface area contributed by atoms with Crippen LogP contribution in [0.15, 0.2) is 59.0 Å². The highest BCUT2D eigenvalue weighted by atomic mass is 35.5. The summed E-state index contributed by atoms with van der Waals surface area (Å²) in [6, 6.07) is 17.2. The highest BCUT2D eigenvalue weighted by Crippen LogP contribution is 2.42. The number of nitrogens with one attached hydrogen (secondary N) is 1. The smallest absolute Gasteiger partial charge is 0.338 e. The summed E-state index contributed by atoms with van der Waals surface area (Å²) < 4.78 is 11.5. The maximum atomic E-state index is 12.7. The summed E-state index contributed by atoms with van der Waals surface area (Å²) >= 11 is 0. The monoisotopic (exact) mass is 436 g/mol. The molecule has 0 bridgehead atoms. The quantitative estimate of drug-likeness (QED) is 0.331. The normalized spacial score (nSPS) is 10.7. The van der Waals surface area contributed by atoms with Crippen LogP contribution < -0.4 is 10.3 Å². The fraction of sp³-hybridized carbons (Fsp3) is 0.200. The highest BCUT2D eigenvalue weighted by Gasteiger charge is 2.22. The first-order valence-corrected chi connectivity index (χ1v) is 9.90. The van der Waals surface area contributed by atoms with Gasteiger partial charge < -0.3 is 19.5 Å². The van der Waals surface area contributed by atoms with Crippen molar-refractivity contribution in [3.8, 4) is 22.5 Å². The molecule has 0 fully saturated rings. The van der Waals surface area contributed by atoms with Crippen molar-refractivity contribution in [2.45, 2.75) is 13.8 Å². The maximum Gasteiger partial charge on any atom is 0.338 e. The number of esters is 1. The maximum absolute atomic E-state index is 12.7. The molecule has 1 heterocycles. The Hall–Kier alpha value is -3.31. The summed E-state index contributed by atoms with van der Waals surface area (Å²) in [4.78, 5) is 14.7. The lowest BCUT2D eigenvalue weighted by atomic mass is 9.90. The van der Waals surface area contributed by atoms with Crippen LogP contribution >= 0.6 is 12.4 Å². The molecule has 4 rings (SSSR count). The molecule has 31 heavy (non-hydrogen) atoms. The van der Waals surface area contributed by atoms with Crippen molar-refractivity contribution in [2.24, 2.45) is 0 Å². The lowest BCUT2D eigenvalue weighted by Gasteiger charge is -2.19. The standard InChI is InChI=1S/C25H24N2O3.ClH/c1-5-29-25(28)18-9-7-6-8-17(18)24-19-11-10-16(27(3)4)13-22(19)30-23-14-21(26)15(2)12-20(23)24;/h6-14,26H,5H2,1-4H3;1H. The molecule has 0 saturated carbocycles. The number of aryl methyl sites for hydroxylation is 1. The molecule has 0 aromatic heterocycles.